The van der Waals surface area contributed by atoms with E-state index < -0.39 is 0 Å². The highest BCUT2D eigenvalue weighted by atomic mass is 35.5. The summed E-state index contributed by atoms with van der Waals surface area (Å²) in [4.78, 5) is 19.0. The van der Waals surface area contributed by atoms with Crippen molar-refractivity contribution in [2.75, 3.05) is 5.75 Å². The number of thioether (sulfide) groups is 1. The Morgan fingerprint density at radius 1 is 1.37 bits per heavy atom. The zero-order chi connectivity index (χ0) is 19.4. The third-order valence-electron chi connectivity index (χ3n) is 4.82. The molecular formula is C19H25ClN4O2S. The SMILES string of the molecule is Cc1cc(OCc2nc(SCC(=O)N3[C@@H](C)CCC[C@@H]3C)n[nH]2)ccc1Cl. The van der Waals surface area contributed by atoms with Crippen LogP contribution in [0.2, 0.25) is 5.02 Å². The lowest BCUT2D eigenvalue weighted by Gasteiger charge is -2.39. The second-order valence-electron chi connectivity index (χ2n) is 6.98. The van der Waals surface area contributed by atoms with Crippen LogP contribution in [0.3, 0.4) is 0 Å². The Morgan fingerprint density at radius 3 is 2.81 bits per heavy atom. The lowest BCUT2D eigenvalue weighted by Crippen LogP contribution is -2.48. The first-order chi connectivity index (χ1) is 12.9. The monoisotopic (exact) mass is 408 g/mol. The number of likely N-dealkylation sites (tertiary alicyclic amines) is 1. The number of aromatic amines is 1. The van der Waals surface area contributed by atoms with Gasteiger partial charge in [0.25, 0.3) is 0 Å². The maximum absolute atomic E-state index is 12.6. The van der Waals surface area contributed by atoms with Gasteiger partial charge in [-0.15, -0.1) is 5.10 Å². The molecule has 0 unspecified atom stereocenters. The van der Waals surface area contributed by atoms with Gasteiger partial charge in [0.15, 0.2) is 5.82 Å². The zero-order valence-electron chi connectivity index (χ0n) is 15.9. The molecule has 1 saturated heterocycles. The molecule has 1 aliphatic heterocycles. The number of nitrogens with zero attached hydrogens (tertiary/aromatic N) is 3. The minimum Gasteiger partial charge on any atom is -0.486 e. The van der Waals surface area contributed by atoms with Gasteiger partial charge in [-0.3, -0.25) is 9.89 Å². The molecule has 3 rings (SSSR count). The molecule has 1 aromatic carbocycles. The molecule has 0 saturated carbocycles. The van der Waals surface area contributed by atoms with Crippen LogP contribution in [0.1, 0.15) is 44.5 Å². The molecule has 2 aromatic rings. The third-order valence-corrected chi connectivity index (χ3v) is 6.08. The topological polar surface area (TPSA) is 71.1 Å². The van der Waals surface area contributed by atoms with E-state index in [1.54, 1.807) is 0 Å². The zero-order valence-corrected chi connectivity index (χ0v) is 17.4. The van der Waals surface area contributed by atoms with Gasteiger partial charge in [-0.1, -0.05) is 23.4 Å². The summed E-state index contributed by atoms with van der Waals surface area (Å²) in [5.74, 6) is 1.85. The van der Waals surface area contributed by atoms with Crippen LogP contribution >= 0.6 is 23.4 Å². The summed E-state index contributed by atoms with van der Waals surface area (Å²) >= 11 is 7.37. The highest BCUT2D eigenvalue weighted by Gasteiger charge is 2.28. The average molecular weight is 409 g/mol. The van der Waals surface area contributed by atoms with Gasteiger partial charge in [-0.25, -0.2) is 4.98 Å². The second kappa shape index (κ2) is 8.97. The molecule has 1 amide bonds. The van der Waals surface area contributed by atoms with Gasteiger partial charge >= 0.3 is 0 Å². The fraction of sp³-hybridized carbons (Fsp3) is 0.526. The Kier molecular flexibility index (Phi) is 6.65. The van der Waals surface area contributed by atoms with E-state index in [9.17, 15) is 4.79 Å². The maximum Gasteiger partial charge on any atom is 0.233 e. The first-order valence-corrected chi connectivity index (χ1v) is 10.5. The van der Waals surface area contributed by atoms with E-state index >= 15 is 0 Å². The lowest BCUT2D eigenvalue weighted by molar-refractivity contribution is -0.134. The highest BCUT2D eigenvalue weighted by molar-refractivity contribution is 7.99. The predicted octanol–water partition coefficient (Wildman–Crippen LogP) is 4.23. The van der Waals surface area contributed by atoms with Crippen LogP contribution < -0.4 is 4.74 Å². The predicted molar refractivity (Wildman–Crippen MR) is 107 cm³/mol. The van der Waals surface area contributed by atoms with Gasteiger partial charge in [0.1, 0.15) is 12.4 Å². The van der Waals surface area contributed by atoms with Gasteiger partial charge in [0, 0.05) is 17.1 Å². The molecule has 1 aliphatic rings. The van der Waals surface area contributed by atoms with Crippen molar-refractivity contribution >= 4 is 29.3 Å². The minimum atomic E-state index is 0.152. The molecule has 0 bridgehead atoms. The van der Waals surface area contributed by atoms with Gasteiger partial charge < -0.3 is 9.64 Å². The number of benzene rings is 1. The van der Waals surface area contributed by atoms with E-state index in [1.165, 1.54) is 18.2 Å². The van der Waals surface area contributed by atoms with Crippen molar-refractivity contribution in [1.82, 2.24) is 20.1 Å². The van der Waals surface area contributed by atoms with Crippen LogP contribution in [-0.2, 0) is 11.4 Å². The number of hydrogen-bond donors (Lipinski definition) is 1. The summed E-state index contributed by atoms with van der Waals surface area (Å²) < 4.78 is 5.71. The fourth-order valence-electron chi connectivity index (χ4n) is 3.38. The number of carbonyl (C=O) groups excluding carboxylic acids is 1. The van der Waals surface area contributed by atoms with E-state index in [0.29, 0.717) is 33.8 Å². The summed E-state index contributed by atoms with van der Waals surface area (Å²) in [6.45, 7) is 6.46. The van der Waals surface area contributed by atoms with E-state index in [0.717, 1.165) is 24.2 Å². The van der Waals surface area contributed by atoms with E-state index in [4.69, 9.17) is 16.3 Å². The van der Waals surface area contributed by atoms with Crippen LogP contribution in [0.5, 0.6) is 5.75 Å². The van der Waals surface area contributed by atoms with Crippen molar-refractivity contribution in [2.45, 2.75) is 63.9 Å². The van der Waals surface area contributed by atoms with Crippen molar-refractivity contribution in [1.29, 1.82) is 0 Å². The number of H-pyrrole nitrogens is 1. The number of aryl methyl sites for hydroxylation is 1. The molecule has 8 heteroatoms. The number of ether oxygens (including phenoxy) is 1. The van der Waals surface area contributed by atoms with Gasteiger partial charge in [-0.05, 0) is 63.8 Å². The summed E-state index contributed by atoms with van der Waals surface area (Å²) in [7, 11) is 0. The number of rotatable bonds is 6. The number of amides is 1. The van der Waals surface area contributed by atoms with Crippen molar-refractivity contribution in [2.24, 2.45) is 0 Å². The van der Waals surface area contributed by atoms with Crippen molar-refractivity contribution in [3.63, 3.8) is 0 Å². The Balaban J connectivity index is 1.50. The normalized spacial score (nSPS) is 19.9. The largest absolute Gasteiger partial charge is 0.486 e. The van der Waals surface area contributed by atoms with Crippen LogP contribution in [0.15, 0.2) is 23.4 Å². The standard InChI is InChI=1S/C19H25ClN4O2S/c1-12-9-15(7-8-16(12)20)26-10-17-21-19(23-22-17)27-11-18(25)24-13(2)5-4-6-14(24)3/h7-9,13-14H,4-6,10-11H2,1-3H3,(H,21,22,23)/t13-,14-/m0/s1. The first kappa shape index (κ1) is 20.0. The Labute approximate surface area is 169 Å². The average Bonchev–Trinajstić information content (AvgIpc) is 3.09. The summed E-state index contributed by atoms with van der Waals surface area (Å²) in [6.07, 6.45) is 3.34. The first-order valence-electron chi connectivity index (χ1n) is 9.18. The molecule has 0 spiro atoms. The smallest absolute Gasteiger partial charge is 0.233 e. The number of hydrogen-bond acceptors (Lipinski definition) is 5. The summed E-state index contributed by atoms with van der Waals surface area (Å²) in [5, 5.41) is 8.31. The number of nitrogens with one attached hydrogen (secondary N) is 1. The molecule has 1 N–H and O–H groups in total. The Hall–Kier alpha value is -1.73. The Morgan fingerprint density at radius 2 is 2.11 bits per heavy atom. The molecular weight excluding hydrogens is 384 g/mol. The maximum atomic E-state index is 12.6. The number of piperidine rings is 1. The molecule has 2 heterocycles. The van der Waals surface area contributed by atoms with Crippen molar-refractivity contribution < 1.29 is 9.53 Å². The molecule has 2 atom stereocenters. The molecule has 1 aromatic heterocycles. The summed E-state index contributed by atoms with van der Waals surface area (Å²) in [5.41, 5.74) is 0.961. The minimum absolute atomic E-state index is 0.152. The molecule has 6 nitrogen and oxygen atoms in total. The number of halogens is 1. The fourth-order valence-corrected chi connectivity index (χ4v) is 4.18. The van der Waals surface area contributed by atoms with E-state index in [1.807, 2.05) is 30.0 Å². The van der Waals surface area contributed by atoms with Crippen molar-refractivity contribution in [3.8, 4) is 5.75 Å². The third kappa shape index (κ3) is 5.17. The quantitative estimate of drug-likeness (QED) is 0.724. The summed E-state index contributed by atoms with van der Waals surface area (Å²) in [6, 6.07) is 6.12. The molecule has 146 valence electrons. The number of aromatic nitrogens is 3. The van der Waals surface area contributed by atoms with Gasteiger partial charge in [-0.2, -0.15) is 0 Å². The molecule has 0 radical (unpaired) electrons. The van der Waals surface area contributed by atoms with Gasteiger partial charge in [0.2, 0.25) is 11.1 Å². The molecule has 0 aliphatic carbocycles. The van der Waals surface area contributed by atoms with Crippen LogP contribution in [-0.4, -0.2) is 43.8 Å². The highest BCUT2D eigenvalue weighted by Crippen LogP contribution is 2.25. The lowest BCUT2D eigenvalue weighted by atomic mass is 9.98. The van der Waals surface area contributed by atoms with Crippen molar-refractivity contribution in [3.05, 3.63) is 34.6 Å². The van der Waals surface area contributed by atoms with E-state index in [2.05, 4.69) is 29.0 Å². The number of carbonyl (C=O) groups is 1. The van der Waals surface area contributed by atoms with Crippen LogP contribution in [0.25, 0.3) is 0 Å². The Bertz CT molecular complexity index is 788. The van der Waals surface area contributed by atoms with E-state index in [-0.39, 0.29) is 12.5 Å². The molecule has 1 fully saturated rings. The molecule has 27 heavy (non-hydrogen) atoms. The van der Waals surface area contributed by atoms with Crippen LogP contribution in [0.4, 0.5) is 0 Å². The van der Waals surface area contributed by atoms with Crippen LogP contribution in [0, 0.1) is 6.92 Å². The van der Waals surface area contributed by atoms with Gasteiger partial charge in [0.05, 0.1) is 5.75 Å². The second-order valence-corrected chi connectivity index (χ2v) is 8.33.